The Bertz CT molecular complexity index is 730. The zero-order valence-electron chi connectivity index (χ0n) is 13.4. The molecule has 0 radical (unpaired) electrons. The standard InChI is InChI=1S/C17H21N3O3/c1-11(2)14(18-17(22)15-4-3-9-23-15)10-20-16(21)8-7-13(19-20)12-5-6-12/h3-4,7-9,11-12,14H,5-6,10H2,1-2H3,(H,18,22)/t14-/m1/s1. The van der Waals surface area contributed by atoms with Gasteiger partial charge >= 0.3 is 0 Å². The maximum absolute atomic E-state index is 12.2. The number of carbonyl (C=O) groups is 1. The molecule has 0 aliphatic heterocycles. The number of furan rings is 1. The minimum absolute atomic E-state index is 0.146. The molecule has 23 heavy (non-hydrogen) atoms. The summed E-state index contributed by atoms with van der Waals surface area (Å²) in [6.07, 6.45) is 3.73. The molecule has 1 saturated carbocycles. The number of rotatable bonds is 6. The maximum atomic E-state index is 12.2. The molecule has 0 spiro atoms. The van der Waals surface area contributed by atoms with Crippen molar-refractivity contribution in [3.63, 3.8) is 0 Å². The molecule has 2 heterocycles. The SMILES string of the molecule is CC(C)[C@@H](Cn1nc(C2CC2)ccc1=O)NC(=O)c1ccco1. The summed E-state index contributed by atoms with van der Waals surface area (Å²) in [7, 11) is 0. The smallest absolute Gasteiger partial charge is 0.287 e. The maximum Gasteiger partial charge on any atom is 0.287 e. The summed E-state index contributed by atoms with van der Waals surface area (Å²) in [5, 5.41) is 7.38. The molecule has 0 unspecified atom stereocenters. The first-order valence-corrected chi connectivity index (χ1v) is 7.97. The van der Waals surface area contributed by atoms with Crippen LogP contribution in [0.4, 0.5) is 0 Å². The molecule has 1 atom stereocenters. The van der Waals surface area contributed by atoms with Crippen molar-refractivity contribution in [2.45, 2.75) is 45.2 Å². The lowest BCUT2D eigenvalue weighted by atomic mass is 10.0. The molecular weight excluding hydrogens is 294 g/mol. The number of aromatic nitrogens is 2. The van der Waals surface area contributed by atoms with Gasteiger partial charge in [0.25, 0.3) is 11.5 Å². The van der Waals surface area contributed by atoms with Crippen molar-refractivity contribution >= 4 is 5.91 Å². The zero-order valence-corrected chi connectivity index (χ0v) is 13.4. The summed E-state index contributed by atoms with van der Waals surface area (Å²) in [4.78, 5) is 24.2. The van der Waals surface area contributed by atoms with E-state index in [0.717, 1.165) is 18.5 Å². The van der Waals surface area contributed by atoms with Gasteiger partial charge in [0.1, 0.15) is 0 Å². The average Bonchev–Trinajstić information content (AvgIpc) is 3.22. The molecule has 0 bridgehead atoms. The second-order valence-electron chi connectivity index (χ2n) is 6.35. The monoisotopic (exact) mass is 315 g/mol. The van der Waals surface area contributed by atoms with Crippen LogP contribution in [0.3, 0.4) is 0 Å². The third kappa shape index (κ3) is 3.70. The van der Waals surface area contributed by atoms with E-state index in [1.54, 1.807) is 18.2 Å². The molecule has 1 aliphatic carbocycles. The van der Waals surface area contributed by atoms with E-state index >= 15 is 0 Å². The van der Waals surface area contributed by atoms with E-state index in [1.807, 2.05) is 19.9 Å². The Kier molecular flexibility index (Phi) is 4.32. The largest absolute Gasteiger partial charge is 0.459 e. The lowest BCUT2D eigenvalue weighted by molar-refractivity contribution is 0.0890. The van der Waals surface area contributed by atoms with Crippen LogP contribution in [-0.4, -0.2) is 21.7 Å². The average molecular weight is 315 g/mol. The Morgan fingerprint density at radius 3 is 2.78 bits per heavy atom. The second-order valence-corrected chi connectivity index (χ2v) is 6.35. The molecule has 2 aromatic rings. The summed E-state index contributed by atoms with van der Waals surface area (Å²) in [6.45, 7) is 4.36. The molecule has 0 aromatic carbocycles. The predicted octanol–water partition coefficient (Wildman–Crippen LogP) is 2.17. The Morgan fingerprint density at radius 1 is 1.39 bits per heavy atom. The highest BCUT2D eigenvalue weighted by atomic mass is 16.3. The number of amides is 1. The van der Waals surface area contributed by atoms with Gasteiger partial charge in [0.05, 0.1) is 24.5 Å². The number of carbonyl (C=O) groups excluding carboxylic acids is 1. The number of hydrogen-bond donors (Lipinski definition) is 1. The van der Waals surface area contributed by atoms with Crippen molar-refractivity contribution in [1.82, 2.24) is 15.1 Å². The van der Waals surface area contributed by atoms with Gasteiger partial charge in [0.15, 0.2) is 5.76 Å². The summed E-state index contributed by atoms with van der Waals surface area (Å²) in [5.41, 5.74) is 0.816. The first-order chi connectivity index (χ1) is 11.0. The van der Waals surface area contributed by atoms with Gasteiger partial charge in [-0.15, -0.1) is 0 Å². The van der Waals surface area contributed by atoms with Crippen molar-refractivity contribution in [2.75, 3.05) is 0 Å². The highest BCUT2D eigenvalue weighted by Crippen LogP contribution is 2.38. The fraction of sp³-hybridized carbons (Fsp3) is 0.471. The van der Waals surface area contributed by atoms with E-state index in [9.17, 15) is 9.59 Å². The Hall–Kier alpha value is -2.37. The molecule has 3 rings (SSSR count). The molecule has 6 heteroatoms. The Labute approximate surface area is 134 Å². The lowest BCUT2D eigenvalue weighted by Crippen LogP contribution is -2.44. The van der Waals surface area contributed by atoms with Crippen LogP contribution in [0.1, 0.15) is 48.9 Å². The molecule has 1 aliphatic rings. The molecule has 1 fully saturated rings. The van der Waals surface area contributed by atoms with Crippen molar-refractivity contribution in [3.05, 3.63) is 52.3 Å². The van der Waals surface area contributed by atoms with Gasteiger partial charge in [-0.05, 0) is 37.0 Å². The lowest BCUT2D eigenvalue weighted by Gasteiger charge is -2.22. The van der Waals surface area contributed by atoms with Crippen LogP contribution in [0.2, 0.25) is 0 Å². The van der Waals surface area contributed by atoms with Gasteiger partial charge in [0, 0.05) is 12.0 Å². The van der Waals surface area contributed by atoms with Crippen molar-refractivity contribution < 1.29 is 9.21 Å². The van der Waals surface area contributed by atoms with Crippen molar-refractivity contribution in [2.24, 2.45) is 5.92 Å². The van der Waals surface area contributed by atoms with E-state index < -0.39 is 0 Å². The third-order valence-corrected chi connectivity index (χ3v) is 4.12. The van der Waals surface area contributed by atoms with E-state index in [4.69, 9.17) is 4.42 Å². The van der Waals surface area contributed by atoms with Gasteiger partial charge in [-0.25, -0.2) is 4.68 Å². The number of nitrogens with one attached hydrogen (secondary N) is 1. The first-order valence-electron chi connectivity index (χ1n) is 7.97. The third-order valence-electron chi connectivity index (χ3n) is 4.12. The molecular formula is C17H21N3O3. The fourth-order valence-corrected chi connectivity index (χ4v) is 2.45. The fourth-order valence-electron chi connectivity index (χ4n) is 2.45. The summed E-state index contributed by atoms with van der Waals surface area (Å²) < 4.78 is 6.57. The van der Waals surface area contributed by atoms with E-state index in [0.29, 0.717) is 12.5 Å². The highest BCUT2D eigenvalue weighted by Gasteiger charge is 2.26. The van der Waals surface area contributed by atoms with Gasteiger partial charge in [-0.3, -0.25) is 9.59 Å². The molecule has 0 saturated heterocycles. The van der Waals surface area contributed by atoms with Crippen LogP contribution in [0.25, 0.3) is 0 Å². The first kappa shape index (κ1) is 15.5. The van der Waals surface area contributed by atoms with Crippen LogP contribution in [0, 0.1) is 5.92 Å². The summed E-state index contributed by atoms with van der Waals surface area (Å²) in [5.74, 6) is 0.632. The quantitative estimate of drug-likeness (QED) is 0.886. The van der Waals surface area contributed by atoms with E-state index in [-0.39, 0.29) is 29.2 Å². The van der Waals surface area contributed by atoms with Gasteiger partial charge < -0.3 is 9.73 Å². The second kappa shape index (κ2) is 6.40. The minimum atomic E-state index is -0.278. The molecule has 122 valence electrons. The van der Waals surface area contributed by atoms with Crippen LogP contribution in [0.15, 0.2) is 39.7 Å². The normalized spacial score (nSPS) is 15.6. The Morgan fingerprint density at radius 2 is 2.17 bits per heavy atom. The molecule has 6 nitrogen and oxygen atoms in total. The van der Waals surface area contributed by atoms with Crippen molar-refractivity contribution in [1.29, 1.82) is 0 Å². The highest BCUT2D eigenvalue weighted by molar-refractivity contribution is 5.91. The molecule has 1 amide bonds. The summed E-state index contributed by atoms with van der Waals surface area (Å²) in [6, 6.07) is 6.46. The number of nitrogens with zero attached hydrogens (tertiary/aromatic N) is 2. The van der Waals surface area contributed by atoms with Gasteiger partial charge in [0.2, 0.25) is 0 Å². The van der Waals surface area contributed by atoms with E-state index in [1.165, 1.54) is 10.9 Å². The summed E-state index contributed by atoms with van der Waals surface area (Å²) >= 11 is 0. The Balaban J connectivity index is 1.75. The minimum Gasteiger partial charge on any atom is -0.459 e. The van der Waals surface area contributed by atoms with Crippen LogP contribution in [0.5, 0.6) is 0 Å². The van der Waals surface area contributed by atoms with Crippen LogP contribution < -0.4 is 10.9 Å². The van der Waals surface area contributed by atoms with E-state index in [2.05, 4.69) is 10.4 Å². The number of hydrogen-bond acceptors (Lipinski definition) is 4. The zero-order chi connectivity index (χ0) is 16.4. The predicted molar refractivity (Wildman–Crippen MR) is 85.3 cm³/mol. The van der Waals surface area contributed by atoms with Gasteiger partial charge in [-0.2, -0.15) is 5.10 Å². The van der Waals surface area contributed by atoms with Crippen LogP contribution >= 0.6 is 0 Å². The van der Waals surface area contributed by atoms with Crippen LogP contribution in [-0.2, 0) is 6.54 Å². The topological polar surface area (TPSA) is 77.1 Å². The van der Waals surface area contributed by atoms with Crippen molar-refractivity contribution in [3.8, 4) is 0 Å². The molecule has 1 N–H and O–H groups in total. The van der Waals surface area contributed by atoms with Gasteiger partial charge in [-0.1, -0.05) is 13.8 Å². The molecule has 2 aromatic heterocycles.